The van der Waals surface area contributed by atoms with E-state index in [2.05, 4.69) is 0 Å². The van der Waals surface area contributed by atoms with Gasteiger partial charge in [-0.05, 0) is 55.5 Å². The molecule has 0 aliphatic rings. The van der Waals surface area contributed by atoms with Gasteiger partial charge in [0, 0.05) is 15.6 Å². The maximum absolute atomic E-state index is 13.6. The van der Waals surface area contributed by atoms with Crippen LogP contribution in [0.4, 0.5) is 5.69 Å². The summed E-state index contributed by atoms with van der Waals surface area (Å²) in [6.07, 6.45) is 0. The highest BCUT2D eigenvalue weighted by Crippen LogP contribution is 2.37. The monoisotopic (exact) mass is 435 g/mol. The quantitative estimate of drug-likeness (QED) is 0.479. The largest absolute Gasteiger partial charge is 0.496 e. The van der Waals surface area contributed by atoms with E-state index in [0.717, 1.165) is 5.56 Å². The van der Waals surface area contributed by atoms with Crippen molar-refractivity contribution in [1.82, 2.24) is 0 Å². The fourth-order valence-corrected chi connectivity index (χ4v) is 4.98. The van der Waals surface area contributed by atoms with Crippen molar-refractivity contribution in [3.63, 3.8) is 0 Å². The van der Waals surface area contributed by atoms with Gasteiger partial charge in [-0.2, -0.15) is 0 Å². The third-order valence-electron chi connectivity index (χ3n) is 4.37. The van der Waals surface area contributed by atoms with Crippen LogP contribution in [0.3, 0.4) is 0 Å². The van der Waals surface area contributed by atoms with Crippen LogP contribution in [0.15, 0.2) is 77.7 Å². The summed E-state index contributed by atoms with van der Waals surface area (Å²) in [5.41, 5.74) is 1.20. The van der Waals surface area contributed by atoms with Gasteiger partial charge in [0.25, 0.3) is 10.0 Å². The van der Waals surface area contributed by atoms with E-state index in [0.29, 0.717) is 21.5 Å². The van der Waals surface area contributed by atoms with Crippen molar-refractivity contribution in [2.24, 2.45) is 0 Å². The lowest BCUT2D eigenvalue weighted by atomic mass is 10.1. The standard InChI is InChI=1S/C21H19Cl2NO3S/c1-15(20-8-3-4-9-21(20)27-2)24(18-7-5-6-17(23)14-18)28(25,26)19-12-10-16(22)11-13-19/h3-15H,1-2H3. The van der Waals surface area contributed by atoms with Gasteiger partial charge >= 0.3 is 0 Å². The number of methoxy groups -OCH3 is 1. The molecule has 3 aromatic rings. The number of benzene rings is 3. The molecule has 3 aromatic carbocycles. The molecule has 1 unspecified atom stereocenters. The van der Waals surface area contributed by atoms with Crippen molar-refractivity contribution in [3.8, 4) is 5.75 Å². The molecular formula is C21H19Cl2NO3S. The Balaban J connectivity index is 2.19. The van der Waals surface area contributed by atoms with Gasteiger partial charge in [0.2, 0.25) is 0 Å². The van der Waals surface area contributed by atoms with Crippen LogP contribution < -0.4 is 9.04 Å². The predicted molar refractivity (Wildman–Crippen MR) is 114 cm³/mol. The van der Waals surface area contributed by atoms with E-state index in [1.807, 2.05) is 25.1 Å². The maximum Gasteiger partial charge on any atom is 0.264 e. The Bertz CT molecular complexity index is 1070. The van der Waals surface area contributed by atoms with E-state index >= 15 is 0 Å². The van der Waals surface area contributed by atoms with Crippen molar-refractivity contribution in [2.45, 2.75) is 17.9 Å². The Morgan fingerprint density at radius 3 is 2.21 bits per heavy atom. The van der Waals surface area contributed by atoms with Crippen LogP contribution in [-0.2, 0) is 10.0 Å². The summed E-state index contributed by atoms with van der Waals surface area (Å²) in [5, 5.41) is 0.909. The summed E-state index contributed by atoms with van der Waals surface area (Å²) in [6, 6.07) is 19.6. The summed E-state index contributed by atoms with van der Waals surface area (Å²) in [6.45, 7) is 1.81. The minimum atomic E-state index is -3.90. The first-order chi connectivity index (χ1) is 13.3. The van der Waals surface area contributed by atoms with Crippen molar-refractivity contribution in [1.29, 1.82) is 0 Å². The molecule has 1 atom stereocenters. The topological polar surface area (TPSA) is 46.6 Å². The van der Waals surface area contributed by atoms with Gasteiger partial charge in [0.1, 0.15) is 5.75 Å². The second-order valence-electron chi connectivity index (χ2n) is 6.15. The Morgan fingerprint density at radius 1 is 0.893 bits per heavy atom. The highest BCUT2D eigenvalue weighted by Gasteiger charge is 2.31. The molecule has 3 rings (SSSR count). The summed E-state index contributed by atoms with van der Waals surface area (Å²) in [5.74, 6) is 0.605. The molecule has 4 nitrogen and oxygen atoms in total. The lowest BCUT2D eigenvalue weighted by Gasteiger charge is -2.31. The van der Waals surface area contributed by atoms with Crippen molar-refractivity contribution in [2.75, 3.05) is 11.4 Å². The van der Waals surface area contributed by atoms with Crippen LogP contribution in [-0.4, -0.2) is 15.5 Å². The van der Waals surface area contributed by atoms with E-state index in [1.54, 1.807) is 49.6 Å². The first-order valence-electron chi connectivity index (χ1n) is 8.53. The zero-order chi connectivity index (χ0) is 20.3. The van der Waals surface area contributed by atoms with Gasteiger partial charge in [-0.25, -0.2) is 8.42 Å². The SMILES string of the molecule is COc1ccccc1C(C)N(c1cccc(Cl)c1)S(=O)(=O)c1ccc(Cl)cc1. The van der Waals surface area contributed by atoms with E-state index in [-0.39, 0.29) is 4.90 Å². The van der Waals surface area contributed by atoms with E-state index in [4.69, 9.17) is 27.9 Å². The maximum atomic E-state index is 13.6. The van der Waals surface area contributed by atoms with Gasteiger partial charge in [-0.15, -0.1) is 0 Å². The number of para-hydroxylation sites is 1. The van der Waals surface area contributed by atoms with Gasteiger partial charge in [0.05, 0.1) is 23.7 Å². The minimum absolute atomic E-state index is 0.138. The fourth-order valence-electron chi connectivity index (χ4n) is 3.04. The summed E-state index contributed by atoms with van der Waals surface area (Å²) in [7, 11) is -2.34. The molecule has 7 heteroatoms. The molecule has 0 bridgehead atoms. The van der Waals surface area contributed by atoms with Crippen LogP contribution in [0.25, 0.3) is 0 Å². The normalized spacial score (nSPS) is 12.4. The summed E-state index contributed by atoms with van der Waals surface area (Å²) < 4.78 is 33.9. The second-order valence-corrected chi connectivity index (χ2v) is 8.84. The molecule has 28 heavy (non-hydrogen) atoms. The Hall–Kier alpha value is -2.21. The first-order valence-corrected chi connectivity index (χ1v) is 10.7. The summed E-state index contributed by atoms with van der Waals surface area (Å²) >= 11 is 12.1. The van der Waals surface area contributed by atoms with Crippen molar-refractivity contribution < 1.29 is 13.2 Å². The zero-order valence-electron chi connectivity index (χ0n) is 15.3. The predicted octanol–water partition coefficient (Wildman–Crippen LogP) is 5.96. The molecule has 0 saturated heterocycles. The first kappa shape index (κ1) is 20.5. The smallest absolute Gasteiger partial charge is 0.264 e. The number of nitrogens with zero attached hydrogens (tertiary/aromatic N) is 1. The number of halogens is 2. The second kappa shape index (κ2) is 8.43. The molecule has 0 fully saturated rings. The lowest BCUT2D eigenvalue weighted by molar-refractivity contribution is 0.407. The minimum Gasteiger partial charge on any atom is -0.496 e. The van der Waals surface area contributed by atoms with E-state index in [9.17, 15) is 8.42 Å². The highest BCUT2D eigenvalue weighted by atomic mass is 35.5. The Kier molecular flexibility index (Phi) is 6.18. The average molecular weight is 436 g/mol. The third kappa shape index (κ3) is 4.12. The molecule has 0 aromatic heterocycles. The molecule has 0 spiro atoms. The van der Waals surface area contributed by atoms with Crippen molar-refractivity contribution >= 4 is 38.9 Å². The van der Waals surface area contributed by atoms with Gasteiger partial charge in [0.15, 0.2) is 0 Å². The molecule has 0 radical (unpaired) electrons. The molecule has 0 aliphatic heterocycles. The Labute approximate surface area is 175 Å². The highest BCUT2D eigenvalue weighted by molar-refractivity contribution is 7.92. The Morgan fingerprint density at radius 2 is 1.57 bits per heavy atom. The van der Waals surface area contributed by atoms with Crippen LogP contribution in [0, 0.1) is 0 Å². The van der Waals surface area contributed by atoms with Crippen LogP contribution in [0.2, 0.25) is 10.0 Å². The number of ether oxygens (including phenoxy) is 1. The molecule has 0 N–H and O–H groups in total. The number of anilines is 1. The molecule has 0 heterocycles. The molecular weight excluding hydrogens is 417 g/mol. The zero-order valence-corrected chi connectivity index (χ0v) is 17.7. The number of rotatable bonds is 6. The number of hydrogen-bond donors (Lipinski definition) is 0. The van der Waals surface area contributed by atoms with Gasteiger partial charge in [-0.1, -0.05) is 47.5 Å². The lowest BCUT2D eigenvalue weighted by Crippen LogP contribution is -2.34. The molecule has 0 saturated carbocycles. The number of hydrogen-bond acceptors (Lipinski definition) is 3. The number of sulfonamides is 1. The fraction of sp³-hybridized carbons (Fsp3) is 0.143. The third-order valence-corrected chi connectivity index (χ3v) is 6.77. The average Bonchev–Trinajstić information content (AvgIpc) is 2.68. The van der Waals surface area contributed by atoms with Crippen LogP contribution >= 0.6 is 23.2 Å². The van der Waals surface area contributed by atoms with Crippen molar-refractivity contribution in [3.05, 3.63) is 88.4 Å². The van der Waals surface area contributed by atoms with Crippen LogP contribution in [0.1, 0.15) is 18.5 Å². The van der Waals surface area contributed by atoms with Crippen LogP contribution in [0.5, 0.6) is 5.75 Å². The van der Waals surface area contributed by atoms with Gasteiger partial charge < -0.3 is 4.74 Å². The molecule has 0 aliphatic carbocycles. The molecule has 0 amide bonds. The van der Waals surface area contributed by atoms with E-state index < -0.39 is 16.1 Å². The van der Waals surface area contributed by atoms with E-state index in [1.165, 1.54) is 16.4 Å². The summed E-state index contributed by atoms with van der Waals surface area (Å²) in [4.78, 5) is 0.138. The molecule has 146 valence electrons. The van der Waals surface area contributed by atoms with Gasteiger partial charge in [-0.3, -0.25) is 4.31 Å².